The van der Waals surface area contributed by atoms with Crippen molar-refractivity contribution in [2.45, 2.75) is 6.92 Å². The lowest BCUT2D eigenvalue weighted by molar-refractivity contribution is 0.101. The lowest BCUT2D eigenvalue weighted by Gasteiger charge is -2.16. The maximum absolute atomic E-state index is 13.3. The van der Waals surface area contributed by atoms with Crippen molar-refractivity contribution in [2.24, 2.45) is 0 Å². The molecule has 0 saturated carbocycles. The number of hydrogen-bond donors (Lipinski definition) is 0. The smallest absolute Gasteiger partial charge is 0.161 e. The number of hydrogen-bond acceptors (Lipinski definition) is 2. The van der Waals surface area contributed by atoms with E-state index in [1.165, 1.54) is 13.0 Å². The fraction of sp³-hybridized carbons (Fsp3) is 0.300. The maximum atomic E-state index is 13.3. The van der Waals surface area contributed by atoms with Crippen molar-refractivity contribution in [1.29, 1.82) is 0 Å². The molecule has 0 atom stereocenters. The Kier molecular flexibility index (Phi) is 2.66. The van der Waals surface area contributed by atoms with Crippen LogP contribution in [0.25, 0.3) is 0 Å². The Bertz CT molecular complexity index is 334. The van der Waals surface area contributed by atoms with Gasteiger partial charge in [0.25, 0.3) is 0 Å². The molecule has 3 heteroatoms. The van der Waals surface area contributed by atoms with Gasteiger partial charge in [0.15, 0.2) is 5.78 Å². The van der Waals surface area contributed by atoms with Gasteiger partial charge in [-0.05, 0) is 19.1 Å². The summed E-state index contributed by atoms with van der Waals surface area (Å²) in [7, 11) is 3.43. The Morgan fingerprint density at radius 3 is 2.38 bits per heavy atom. The number of halogens is 1. The van der Waals surface area contributed by atoms with Crippen LogP contribution in [-0.2, 0) is 0 Å². The Hall–Kier alpha value is -1.38. The second-order valence-corrected chi connectivity index (χ2v) is 3.09. The van der Waals surface area contributed by atoms with E-state index in [0.717, 1.165) is 0 Å². The van der Waals surface area contributed by atoms with Crippen LogP contribution < -0.4 is 4.90 Å². The zero-order valence-electron chi connectivity index (χ0n) is 7.97. The van der Waals surface area contributed by atoms with E-state index in [2.05, 4.69) is 0 Å². The summed E-state index contributed by atoms with van der Waals surface area (Å²) in [6.45, 7) is 1.43. The summed E-state index contributed by atoms with van der Waals surface area (Å²) in [6.07, 6.45) is 0. The molecule has 1 rings (SSSR count). The number of anilines is 1. The van der Waals surface area contributed by atoms with E-state index in [0.29, 0.717) is 11.3 Å². The van der Waals surface area contributed by atoms with Crippen molar-refractivity contribution in [3.05, 3.63) is 29.6 Å². The largest absolute Gasteiger partial charge is 0.375 e. The van der Waals surface area contributed by atoms with Crippen molar-refractivity contribution in [3.8, 4) is 0 Å². The summed E-state index contributed by atoms with van der Waals surface area (Å²) in [5.74, 6) is -0.485. The first-order valence-corrected chi connectivity index (χ1v) is 4.01. The third kappa shape index (κ3) is 1.86. The summed E-state index contributed by atoms with van der Waals surface area (Å²) in [6, 6.07) is 4.52. The number of carbonyl (C=O) groups excluding carboxylic acids is 1. The number of rotatable bonds is 2. The predicted octanol–water partition coefficient (Wildman–Crippen LogP) is 2.09. The molecule has 70 valence electrons. The van der Waals surface area contributed by atoms with E-state index >= 15 is 0 Å². The van der Waals surface area contributed by atoms with Crippen molar-refractivity contribution in [1.82, 2.24) is 0 Å². The molecule has 0 aliphatic rings. The molecule has 1 aromatic carbocycles. The molecular weight excluding hydrogens is 169 g/mol. The molecule has 0 fully saturated rings. The van der Waals surface area contributed by atoms with Crippen LogP contribution in [0.15, 0.2) is 18.2 Å². The highest BCUT2D eigenvalue weighted by atomic mass is 19.1. The molecule has 2 nitrogen and oxygen atoms in total. The minimum absolute atomic E-state index is 0.122. The third-order valence-electron chi connectivity index (χ3n) is 1.81. The van der Waals surface area contributed by atoms with Crippen LogP contribution in [0.2, 0.25) is 0 Å². The van der Waals surface area contributed by atoms with Gasteiger partial charge in [0.2, 0.25) is 0 Å². The van der Waals surface area contributed by atoms with Crippen molar-refractivity contribution < 1.29 is 9.18 Å². The first kappa shape index (κ1) is 9.71. The fourth-order valence-corrected chi connectivity index (χ4v) is 1.25. The third-order valence-corrected chi connectivity index (χ3v) is 1.81. The fourth-order valence-electron chi connectivity index (χ4n) is 1.25. The molecule has 0 aliphatic heterocycles. The van der Waals surface area contributed by atoms with Gasteiger partial charge >= 0.3 is 0 Å². The summed E-state index contributed by atoms with van der Waals surface area (Å²) in [5.41, 5.74) is 0.778. The molecule has 0 heterocycles. The quantitative estimate of drug-likeness (QED) is 0.651. The van der Waals surface area contributed by atoms with Crippen LogP contribution in [0, 0.1) is 5.82 Å². The normalized spacial score (nSPS) is 9.85. The summed E-state index contributed by atoms with van der Waals surface area (Å²) in [4.78, 5) is 12.7. The molecule has 0 aromatic heterocycles. The Morgan fingerprint density at radius 1 is 1.38 bits per heavy atom. The van der Waals surface area contributed by atoms with Gasteiger partial charge in [-0.3, -0.25) is 4.79 Å². The molecule has 0 amide bonds. The second-order valence-electron chi connectivity index (χ2n) is 3.09. The second kappa shape index (κ2) is 3.56. The number of para-hydroxylation sites is 1. The molecule has 0 unspecified atom stereocenters. The number of benzene rings is 1. The Balaban J connectivity index is 3.34. The van der Waals surface area contributed by atoms with Gasteiger partial charge in [0, 0.05) is 19.7 Å². The van der Waals surface area contributed by atoms with Crippen molar-refractivity contribution in [3.63, 3.8) is 0 Å². The van der Waals surface area contributed by atoms with Crippen LogP contribution in [-0.4, -0.2) is 19.9 Å². The lowest BCUT2D eigenvalue weighted by Crippen LogP contribution is -2.14. The minimum atomic E-state index is -0.363. The predicted molar refractivity (Wildman–Crippen MR) is 50.7 cm³/mol. The Labute approximate surface area is 77.0 Å². The van der Waals surface area contributed by atoms with Crippen LogP contribution in [0.1, 0.15) is 17.3 Å². The molecule has 13 heavy (non-hydrogen) atoms. The highest BCUT2D eigenvalue weighted by molar-refractivity contribution is 5.99. The van der Waals surface area contributed by atoms with Crippen LogP contribution in [0.4, 0.5) is 10.1 Å². The highest BCUT2D eigenvalue weighted by Crippen LogP contribution is 2.22. The van der Waals surface area contributed by atoms with Gasteiger partial charge in [-0.1, -0.05) is 6.07 Å². The molecular formula is C10H12FNO. The number of Topliss-reactive ketones (excluding diaryl/α,β-unsaturated/α-hetero) is 1. The van der Waals surface area contributed by atoms with Gasteiger partial charge in [-0.2, -0.15) is 0 Å². The van der Waals surface area contributed by atoms with Gasteiger partial charge < -0.3 is 4.90 Å². The van der Waals surface area contributed by atoms with E-state index in [4.69, 9.17) is 0 Å². The first-order valence-electron chi connectivity index (χ1n) is 4.01. The zero-order chi connectivity index (χ0) is 10.0. The summed E-state index contributed by atoms with van der Waals surface area (Å²) >= 11 is 0. The van der Waals surface area contributed by atoms with E-state index in [1.807, 2.05) is 0 Å². The van der Waals surface area contributed by atoms with Gasteiger partial charge in [-0.15, -0.1) is 0 Å². The monoisotopic (exact) mass is 181 g/mol. The molecule has 0 N–H and O–H groups in total. The topological polar surface area (TPSA) is 20.3 Å². The summed E-state index contributed by atoms with van der Waals surface area (Å²) in [5, 5.41) is 0. The van der Waals surface area contributed by atoms with E-state index in [1.54, 1.807) is 31.1 Å². The number of nitrogens with zero attached hydrogens (tertiary/aromatic N) is 1. The van der Waals surface area contributed by atoms with Crippen molar-refractivity contribution in [2.75, 3.05) is 19.0 Å². The lowest BCUT2D eigenvalue weighted by atomic mass is 10.1. The molecule has 0 aliphatic carbocycles. The number of ketones is 1. The van der Waals surface area contributed by atoms with Crippen LogP contribution in [0.3, 0.4) is 0 Å². The molecule has 1 aromatic rings. The first-order chi connectivity index (χ1) is 6.04. The molecule has 0 bridgehead atoms. The van der Waals surface area contributed by atoms with Crippen molar-refractivity contribution >= 4 is 11.5 Å². The molecule has 0 saturated heterocycles. The Morgan fingerprint density at radius 2 is 2.00 bits per heavy atom. The number of carbonyl (C=O) groups is 1. The van der Waals surface area contributed by atoms with E-state index in [-0.39, 0.29) is 11.6 Å². The molecule has 0 radical (unpaired) electrons. The van der Waals surface area contributed by atoms with Crippen LogP contribution >= 0.6 is 0 Å². The van der Waals surface area contributed by atoms with E-state index < -0.39 is 0 Å². The van der Waals surface area contributed by atoms with Gasteiger partial charge in [0.1, 0.15) is 5.82 Å². The van der Waals surface area contributed by atoms with E-state index in [9.17, 15) is 9.18 Å². The molecule has 0 spiro atoms. The minimum Gasteiger partial charge on any atom is -0.375 e. The average Bonchev–Trinajstić information content (AvgIpc) is 2.02. The van der Waals surface area contributed by atoms with Gasteiger partial charge in [-0.25, -0.2) is 4.39 Å². The zero-order valence-corrected chi connectivity index (χ0v) is 7.97. The summed E-state index contributed by atoms with van der Waals surface area (Å²) < 4.78 is 13.3. The highest BCUT2D eigenvalue weighted by Gasteiger charge is 2.12. The maximum Gasteiger partial charge on any atom is 0.161 e. The SMILES string of the molecule is CC(=O)c1cccc(F)c1N(C)C. The van der Waals surface area contributed by atoms with Crippen LogP contribution in [0.5, 0.6) is 0 Å². The standard InChI is InChI=1S/C10H12FNO/c1-7(13)8-5-4-6-9(11)10(8)12(2)3/h4-6H,1-3H3. The van der Waals surface area contributed by atoms with Gasteiger partial charge in [0.05, 0.1) is 5.69 Å². The average molecular weight is 181 g/mol.